The van der Waals surface area contributed by atoms with Gasteiger partial charge in [-0.1, -0.05) is 83.1 Å². The van der Waals surface area contributed by atoms with Crippen molar-refractivity contribution in [2.24, 2.45) is 0 Å². The van der Waals surface area contributed by atoms with E-state index < -0.39 is 28.5 Å². The maximum absolute atomic E-state index is 13.7. The molecule has 9 heteroatoms. The first-order chi connectivity index (χ1) is 22.3. The fourth-order valence-corrected chi connectivity index (χ4v) is 7.47. The number of nitrogens with zero attached hydrogens (tertiary/aromatic N) is 2. The van der Waals surface area contributed by atoms with E-state index in [9.17, 15) is 18.0 Å². The second kappa shape index (κ2) is 13.8. The molecule has 1 aliphatic carbocycles. The summed E-state index contributed by atoms with van der Waals surface area (Å²) in [6, 6.07) is 20.6. The number of carbonyl (C=O) groups excluding carboxylic acids is 2. The molecule has 0 fully saturated rings. The summed E-state index contributed by atoms with van der Waals surface area (Å²) in [6.45, 7) is 12.0. The van der Waals surface area contributed by atoms with E-state index >= 15 is 0 Å². The molecule has 0 aliphatic heterocycles. The Morgan fingerprint density at radius 1 is 0.979 bits per heavy atom. The minimum Gasteiger partial charge on any atom is -0.452 e. The van der Waals surface area contributed by atoms with Crippen molar-refractivity contribution >= 4 is 50.1 Å². The third-order valence-corrected chi connectivity index (χ3v) is 10.7. The van der Waals surface area contributed by atoms with Crippen molar-refractivity contribution in [3.63, 3.8) is 0 Å². The maximum Gasteiger partial charge on any atom is 0.339 e. The quantitative estimate of drug-likeness (QED) is 0.187. The Bertz CT molecular complexity index is 1950. The molecule has 8 nitrogen and oxygen atoms in total. The topological polar surface area (TPSA) is 106 Å². The first-order valence-corrected chi connectivity index (χ1v) is 17.6. The summed E-state index contributed by atoms with van der Waals surface area (Å²) in [6.07, 6.45) is 4.49. The van der Waals surface area contributed by atoms with Crippen LogP contribution in [0.1, 0.15) is 85.8 Å². The van der Waals surface area contributed by atoms with Gasteiger partial charge in [-0.15, -0.1) is 0 Å². The molecular weight excluding hydrogens is 611 g/mol. The van der Waals surface area contributed by atoms with Crippen LogP contribution in [0.5, 0.6) is 0 Å². The molecule has 1 aromatic heterocycles. The number of hydrogen-bond acceptors (Lipinski definition) is 6. The summed E-state index contributed by atoms with van der Waals surface area (Å²) in [5.74, 6) is -1.16. The zero-order valence-corrected chi connectivity index (χ0v) is 28.8. The van der Waals surface area contributed by atoms with E-state index in [1.807, 2.05) is 24.3 Å². The van der Waals surface area contributed by atoms with Gasteiger partial charge in [0, 0.05) is 24.2 Å². The van der Waals surface area contributed by atoms with E-state index in [0.29, 0.717) is 47.2 Å². The standard InChI is InChI=1S/C38H43N3O5S/c1-7-41(8-2)47(44,45)29-21-16-25(3)33(23-29)39-34(42)24-46-37(43)35-30-13-9-10-15-32(30)40-36-27(12-11-14-31(35)36)22-26-17-19-28(20-18-26)38(4,5)6/h9-10,13,15-23H,7-8,11-12,14,24H2,1-6H3,(H,39,42)/b27-22-. The van der Waals surface area contributed by atoms with Crippen LogP contribution in [0.2, 0.25) is 0 Å². The Hall–Kier alpha value is -4.34. The molecule has 0 saturated carbocycles. The van der Waals surface area contributed by atoms with Gasteiger partial charge in [0.15, 0.2) is 6.61 Å². The molecule has 1 heterocycles. The molecule has 3 aromatic carbocycles. The van der Waals surface area contributed by atoms with Crippen molar-refractivity contribution in [3.05, 3.63) is 100 Å². The number of rotatable bonds is 9. The number of nitrogens with one attached hydrogen (secondary N) is 1. The van der Waals surface area contributed by atoms with Crippen LogP contribution in [-0.4, -0.2) is 49.3 Å². The van der Waals surface area contributed by atoms with E-state index in [2.05, 4.69) is 56.4 Å². The highest BCUT2D eigenvalue weighted by Crippen LogP contribution is 2.37. The van der Waals surface area contributed by atoms with Gasteiger partial charge in [-0.2, -0.15) is 4.31 Å². The van der Waals surface area contributed by atoms with Crippen LogP contribution >= 0.6 is 0 Å². The number of amides is 1. The molecule has 1 amide bonds. The number of hydrogen-bond donors (Lipinski definition) is 1. The zero-order valence-electron chi connectivity index (χ0n) is 28.0. The number of aryl methyl sites for hydroxylation is 1. The van der Waals surface area contributed by atoms with Gasteiger partial charge in [0.25, 0.3) is 5.91 Å². The van der Waals surface area contributed by atoms with Gasteiger partial charge in [-0.25, -0.2) is 18.2 Å². The predicted octanol–water partition coefficient (Wildman–Crippen LogP) is 7.54. The Morgan fingerprint density at radius 2 is 1.68 bits per heavy atom. The molecule has 0 saturated heterocycles. The van der Waals surface area contributed by atoms with Gasteiger partial charge in [0.1, 0.15) is 0 Å². The Balaban J connectivity index is 1.40. The molecule has 1 N–H and O–H groups in total. The van der Waals surface area contributed by atoms with Crippen LogP contribution in [0, 0.1) is 6.92 Å². The molecule has 0 atom stereocenters. The lowest BCUT2D eigenvalue weighted by Gasteiger charge is -2.23. The van der Waals surface area contributed by atoms with Gasteiger partial charge in [0.05, 0.1) is 21.7 Å². The van der Waals surface area contributed by atoms with Crippen molar-refractivity contribution in [2.45, 2.75) is 71.1 Å². The highest BCUT2D eigenvalue weighted by molar-refractivity contribution is 7.89. The number of anilines is 1. The molecule has 0 spiro atoms. The molecule has 0 radical (unpaired) electrons. The Labute approximate surface area is 277 Å². The third-order valence-electron chi connectivity index (χ3n) is 8.65. The van der Waals surface area contributed by atoms with Gasteiger partial charge in [-0.05, 0) is 83.7 Å². The molecule has 1 aliphatic rings. The van der Waals surface area contributed by atoms with Gasteiger partial charge in [0.2, 0.25) is 10.0 Å². The molecule has 246 valence electrons. The number of ether oxygens (including phenoxy) is 1. The fourth-order valence-electron chi connectivity index (χ4n) is 5.99. The van der Waals surface area contributed by atoms with Crippen molar-refractivity contribution in [1.82, 2.24) is 9.29 Å². The Morgan fingerprint density at radius 3 is 2.36 bits per heavy atom. The number of pyridine rings is 1. The summed E-state index contributed by atoms with van der Waals surface area (Å²) < 4.78 is 33.1. The normalized spacial score (nSPS) is 14.3. The summed E-state index contributed by atoms with van der Waals surface area (Å²) in [5, 5.41) is 3.41. The van der Waals surface area contributed by atoms with Gasteiger partial charge < -0.3 is 10.1 Å². The van der Waals surface area contributed by atoms with Crippen LogP contribution in [0.3, 0.4) is 0 Å². The number of aromatic nitrogens is 1. The highest BCUT2D eigenvalue weighted by atomic mass is 32.2. The van der Waals surface area contributed by atoms with Crippen LogP contribution < -0.4 is 5.32 Å². The lowest BCUT2D eigenvalue weighted by molar-refractivity contribution is -0.119. The lowest BCUT2D eigenvalue weighted by atomic mass is 9.85. The van der Waals surface area contributed by atoms with E-state index in [-0.39, 0.29) is 10.3 Å². The molecule has 0 bridgehead atoms. The van der Waals surface area contributed by atoms with Crippen LogP contribution in [0.25, 0.3) is 22.6 Å². The minimum absolute atomic E-state index is 0.0600. The van der Waals surface area contributed by atoms with E-state index in [1.165, 1.54) is 22.0 Å². The molecule has 5 rings (SSSR count). The van der Waals surface area contributed by atoms with Gasteiger partial charge >= 0.3 is 5.97 Å². The van der Waals surface area contributed by atoms with E-state index in [0.717, 1.165) is 35.2 Å². The van der Waals surface area contributed by atoms with Crippen LogP contribution in [-0.2, 0) is 31.4 Å². The number of sulfonamides is 1. The summed E-state index contributed by atoms with van der Waals surface area (Å²) in [7, 11) is -3.71. The lowest BCUT2D eigenvalue weighted by Crippen LogP contribution is -2.30. The number of benzene rings is 3. The monoisotopic (exact) mass is 653 g/mol. The van der Waals surface area contributed by atoms with Gasteiger partial charge in [-0.3, -0.25) is 4.79 Å². The summed E-state index contributed by atoms with van der Waals surface area (Å²) in [4.78, 5) is 31.9. The van der Waals surface area contributed by atoms with E-state index in [1.54, 1.807) is 26.8 Å². The summed E-state index contributed by atoms with van der Waals surface area (Å²) >= 11 is 0. The Kier molecular flexibility index (Phi) is 9.98. The van der Waals surface area contributed by atoms with Crippen molar-refractivity contribution < 1.29 is 22.7 Å². The maximum atomic E-state index is 13.7. The average Bonchev–Trinajstić information content (AvgIpc) is 3.04. The highest BCUT2D eigenvalue weighted by Gasteiger charge is 2.27. The molecule has 4 aromatic rings. The largest absolute Gasteiger partial charge is 0.452 e. The first-order valence-electron chi connectivity index (χ1n) is 16.1. The number of esters is 1. The van der Waals surface area contributed by atoms with Crippen LogP contribution in [0.4, 0.5) is 5.69 Å². The van der Waals surface area contributed by atoms with Crippen molar-refractivity contribution in [1.29, 1.82) is 0 Å². The van der Waals surface area contributed by atoms with Crippen molar-refractivity contribution in [2.75, 3.05) is 25.0 Å². The molecule has 0 unspecified atom stereocenters. The smallest absolute Gasteiger partial charge is 0.339 e. The predicted molar refractivity (Wildman–Crippen MR) is 188 cm³/mol. The average molecular weight is 654 g/mol. The number of allylic oxidation sites excluding steroid dienone is 1. The molecular formula is C38H43N3O5S. The first kappa shape index (κ1) is 34.0. The minimum atomic E-state index is -3.71. The second-order valence-electron chi connectivity index (χ2n) is 12.9. The third kappa shape index (κ3) is 7.31. The zero-order chi connectivity index (χ0) is 33.9. The summed E-state index contributed by atoms with van der Waals surface area (Å²) in [5.41, 5.74) is 7.19. The fraction of sp³-hybridized carbons (Fsp3) is 0.342. The second-order valence-corrected chi connectivity index (χ2v) is 14.9. The number of fused-ring (bicyclic) bond motifs is 2. The van der Waals surface area contributed by atoms with E-state index in [4.69, 9.17) is 9.72 Å². The number of para-hydroxylation sites is 1. The van der Waals surface area contributed by atoms with Crippen LogP contribution in [0.15, 0.2) is 71.6 Å². The van der Waals surface area contributed by atoms with Crippen molar-refractivity contribution in [3.8, 4) is 0 Å². The number of carbonyl (C=O) groups is 2. The SMILES string of the molecule is CCN(CC)S(=O)(=O)c1ccc(C)c(NC(=O)COC(=O)c2c3c(nc4ccccc24)/C(=C\c2ccc(C(C)(C)C)cc2)CCC3)c1. The molecule has 47 heavy (non-hydrogen) atoms.